The molecule has 0 bridgehead atoms. The summed E-state index contributed by atoms with van der Waals surface area (Å²) in [5.41, 5.74) is 2.02. The van der Waals surface area contributed by atoms with Gasteiger partial charge in [-0.05, 0) is 19.9 Å². The van der Waals surface area contributed by atoms with E-state index in [2.05, 4.69) is 5.16 Å². The highest BCUT2D eigenvalue weighted by Gasteiger charge is 2.22. The lowest BCUT2D eigenvalue weighted by atomic mass is 10.0. The van der Waals surface area contributed by atoms with E-state index in [0.717, 1.165) is 23.4 Å². The monoisotopic (exact) mass is 205 g/mol. The van der Waals surface area contributed by atoms with Gasteiger partial charge < -0.3 is 9.57 Å². The van der Waals surface area contributed by atoms with Crippen LogP contribution in [0, 0.1) is 0 Å². The summed E-state index contributed by atoms with van der Waals surface area (Å²) in [5.74, 6) is 0.915. The van der Waals surface area contributed by atoms with Gasteiger partial charge in [0.05, 0.1) is 12.3 Å². The van der Waals surface area contributed by atoms with Gasteiger partial charge >= 0.3 is 0 Å². The van der Waals surface area contributed by atoms with Crippen molar-refractivity contribution >= 4 is 5.71 Å². The fourth-order valence-corrected chi connectivity index (χ4v) is 1.59. The van der Waals surface area contributed by atoms with E-state index in [9.17, 15) is 0 Å². The zero-order chi connectivity index (χ0) is 10.7. The van der Waals surface area contributed by atoms with E-state index in [1.165, 1.54) is 0 Å². The van der Waals surface area contributed by atoms with E-state index in [4.69, 9.17) is 9.57 Å². The minimum atomic E-state index is 0.0323. The molecular formula is C12H15NO2. The van der Waals surface area contributed by atoms with Gasteiger partial charge in [-0.2, -0.15) is 0 Å². The zero-order valence-electron chi connectivity index (χ0n) is 9.06. The second-order valence-corrected chi connectivity index (χ2v) is 3.81. The van der Waals surface area contributed by atoms with Crippen LogP contribution in [0.25, 0.3) is 0 Å². The Morgan fingerprint density at radius 2 is 2.20 bits per heavy atom. The van der Waals surface area contributed by atoms with E-state index in [1.807, 2.05) is 38.1 Å². The summed E-state index contributed by atoms with van der Waals surface area (Å²) in [5, 5.41) is 4.01. The van der Waals surface area contributed by atoms with Crippen LogP contribution in [0.15, 0.2) is 29.4 Å². The maximum Gasteiger partial charge on any atom is 0.159 e. The van der Waals surface area contributed by atoms with Crippen molar-refractivity contribution in [3.8, 4) is 5.75 Å². The van der Waals surface area contributed by atoms with Crippen LogP contribution in [-0.2, 0) is 4.84 Å². The van der Waals surface area contributed by atoms with Gasteiger partial charge in [0.15, 0.2) is 6.10 Å². The molecule has 1 aromatic carbocycles. The Hall–Kier alpha value is -1.51. The van der Waals surface area contributed by atoms with Gasteiger partial charge in [0.25, 0.3) is 0 Å². The van der Waals surface area contributed by atoms with Crippen LogP contribution >= 0.6 is 0 Å². The molecule has 0 aliphatic carbocycles. The molecule has 0 aromatic heterocycles. The molecule has 1 heterocycles. The number of benzene rings is 1. The summed E-state index contributed by atoms with van der Waals surface area (Å²) in [6.07, 6.45) is 0.887. The third kappa shape index (κ3) is 2.29. The van der Waals surface area contributed by atoms with Crippen molar-refractivity contribution in [1.82, 2.24) is 0 Å². The summed E-state index contributed by atoms with van der Waals surface area (Å²) in [6.45, 7) is 4.54. The van der Waals surface area contributed by atoms with Gasteiger partial charge in [0.1, 0.15) is 5.75 Å². The number of nitrogens with zero attached hydrogens (tertiary/aromatic N) is 1. The first-order valence-electron chi connectivity index (χ1n) is 5.16. The molecule has 1 aliphatic heterocycles. The van der Waals surface area contributed by atoms with E-state index < -0.39 is 0 Å². The lowest BCUT2D eigenvalue weighted by Crippen LogP contribution is -2.15. The SMILES string of the molecule is CC(C)=NOC1CCOc2ccccc21. The molecule has 1 aliphatic rings. The number of para-hydroxylation sites is 1. The van der Waals surface area contributed by atoms with E-state index in [-0.39, 0.29) is 6.10 Å². The first-order chi connectivity index (χ1) is 7.27. The molecule has 15 heavy (non-hydrogen) atoms. The van der Waals surface area contributed by atoms with Crippen LogP contribution in [0.2, 0.25) is 0 Å². The largest absolute Gasteiger partial charge is 0.493 e. The maximum atomic E-state index is 5.53. The van der Waals surface area contributed by atoms with Crippen molar-refractivity contribution in [3.63, 3.8) is 0 Å². The highest BCUT2D eigenvalue weighted by atomic mass is 16.6. The van der Waals surface area contributed by atoms with Crippen molar-refractivity contribution < 1.29 is 9.57 Å². The standard InChI is InChI=1S/C12H15NO2/c1-9(2)13-15-12-7-8-14-11-6-4-3-5-10(11)12/h3-6,12H,7-8H2,1-2H3. The minimum absolute atomic E-state index is 0.0323. The molecular weight excluding hydrogens is 190 g/mol. The molecule has 2 rings (SSSR count). The van der Waals surface area contributed by atoms with Crippen LogP contribution in [0.1, 0.15) is 31.9 Å². The summed E-state index contributed by atoms with van der Waals surface area (Å²) < 4.78 is 5.53. The molecule has 0 fully saturated rings. The molecule has 0 N–H and O–H groups in total. The average molecular weight is 205 g/mol. The second-order valence-electron chi connectivity index (χ2n) is 3.81. The Bertz CT molecular complexity index is 370. The summed E-state index contributed by atoms with van der Waals surface area (Å²) in [4.78, 5) is 5.48. The van der Waals surface area contributed by atoms with Gasteiger partial charge in [-0.15, -0.1) is 0 Å². The molecule has 3 heteroatoms. The molecule has 80 valence electrons. The van der Waals surface area contributed by atoms with Crippen LogP contribution in [0.3, 0.4) is 0 Å². The lowest BCUT2D eigenvalue weighted by Gasteiger charge is -2.23. The molecule has 0 spiro atoms. The van der Waals surface area contributed by atoms with Crippen LogP contribution in [0.5, 0.6) is 5.75 Å². The fraction of sp³-hybridized carbons (Fsp3) is 0.417. The topological polar surface area (TPSA) is 30.8 Å². The highest BCUT2D eigenvalue weighted by molar-refractivity contribution is 5.78. The van der Waals surface area contributed by atoms with Crippen LogP contribution < -0.4 is 4.74 Å². The third-order valence-corrected chi connectivity index (χ3v) is 2.27. The quantitative estimate of drug-likeness (QED) is 0.549. The number of hydrogen-bond acceptors (Lipinski definition) is 3. The zero-order valence-corrected chi connectivity index (χ0v) is 9.06. The number of fused-ring (bicyclic) bond motifs is 1. The number of rotatable bonds is 2. The minimum Gasteiger partial charge on any atom is -0.493 e. The molecule has 1 aromatic rings. The lowest BCUT2D eigenvalue weighted by molar-refractivity contribution is 0.0279. The van der Waals surface area contributed by atoms with Gasteiger partial charge in [-0.3, -0.25) is 0 Å². The van der Waals surface area contributed by atoms with Crippen molar-refractivity contribution in [2.45, 2.75) is 26.4 Å². The van der Waals surface area contributed by atoms with Crippen molar-refractivity contribution in [2.75, 3.05) is 6.61 Å². The highest BCUT2D eigenvalue weighted by Crippen LogP contribution is 2.34. The number of ether oxygens (including phenoxy) is 1. The first kappa shape index (κ1) is 10.0. The Morgan fingerprint density at radius 3 is 3.00 bits per heavy atom. The molecule has 3 nitrogen and oxygen atoms in total. The van der Waals surface area contributed by atoms with E-state index in [0.29, 0.717) is 6.61 Å². The van der Waals surface area contributed by atoms with Crippen LogP contribution in [-0.4, -0.2) is 12.3 Å². The van der Waals surface area contributed by atoms with Gasteiger partial charge in [-0.25, -0.2) is 0 Å². The molecule has 0 saturated heterocycles. The van der Waals surface area contributed by atoms with Gasteiger partial charge in [-0.1, -0.05) is 23.4 Å². The van der Waals surface area contributed by atoms with Crippen LogP contribution in [0.4, 0.5) is 0 Å². The van der Waals surface area contributed by atoms with E-state index >= 15 is 0 Å². The van der Waals surface area contributed by atoms with Gasteiger partial charge in [0.2, 0.25) is 0 Å². The molecule has 0 amide bonds. The molecule has 1 atom stereocenters. The van der Waals surface area contributed by atoms with Crippen molar-refractivity contribution in [1.29, 1.82) is 0 Å². The normalized spacial score (nSPS) is 18.7. The first-order valence-corrected chi connectivity index (χ1v) is 5.16. The van der Waals surface area contributed by atoms with Crippen molar-refractivity contribution in [3.05, 3.63) is 29.8 Å². The third-order valence-electron chi connectivity index (χ3n) is 2.27. The summed E-state index contributed by atoms with van der Waals surface area (Å²) >= 11 is 0. The Kier molecular flexibility index (Phi) is 2.90. The smallest absolute Gasteiger partial charge is 0.159 e. The average Bonchev–Trinajstić information content (AvgIpc) is 2.26. The fourth-order valence-electron chi connectivity index (χ4n) is 1.59. The Morgan fingerprint density at radius 1 is 1.40 bits per heavy atom. The Labute approximate surface area is 89.7 Å². The summed E-state index contributed by atoms with van der Waals surface area (Å²) in [7, 11) is 0. The van der Waals surface area contributed by atoms with Crippen molar-refractivity contribution in [2.24, 2.45) is 5.16 Å². The molecule has 0 radical (unpaired) electrons. The molecule has 1 unspecified atom stereocenters. The maximum absolute atomic E-state index is 5.53. The second kappa shape index (κ2) is 4.34. The molecule has 0 saturated carbocycles. The van der Waals surface area contributed by atoms with Gasteiger partial charge in [0, 0.05) is 12.0 Å². The summed E-state index contributed by atoms with van der Waals surface area (Å²) in [6, 6.07) is 7.95. The number of oxime groups is 1. The number of hydrogen-bond donors (Lipinski definition) is 0. The Balaban J connectivity index is 2.19. The van der Waals surface area contributed by atoms with E-state index in [1.54, 1.807) is 0 Å². The predicted molar refractivity (Wildman–Crippen MR) is 59.2 cm³/mol. The predicted octanol–water partition coefficient (Wildman–Crippen LogP) is 2.92.